The predicted molar refractivity (Wildman–Crippen MR) is 219 cm³/mol. The quantitative estimate of drug-likeness (QED) is 0.139. The molecule has 0 aliphatic carbocycles. The van der Waals surface area contributed by atoms with Crippen LogP contribution in [0.4, 0.5) is 13.2 Å². The molecule has 2 heterocycles. The third-order valence-electron chi connectivity index (χ3n) is 10.6. The molecular formula is C48H45F3N2O7. The number of fused-ring (bicyclic) bond motifs is 16. The van der Waals surface area contributed by atoms with Crippen LogP contribution in [-0.2, 0) is 55.8 Å². The van der Waals surface area contributed by atoms with Crippen molar-refractivity contribution in [1.82, 2.24) is 10.6 Å². The number of carboxylic acids is 1. The van der Waals surface area contributed by atoms with Crippen LogP contribution < -0.4 is 15.4 Å². The molecule has 0 saturated carbocycles. The number of carbonyl (C=O) groups excluding carboxylic acids is 4. The Morgan fingerprint density at radius 1 is 0.633 bits per heavy atom. The van der Waals surface area contributed by atoms with Gasteiger partial charge in [0, 0.05) is 25.2 Å². The van der Waals surface area contributed by atoms with Crippen molar-refractivity contribution < 1.29 is 47.0 Å². The largest absolute Gasteiger partial charge is 0.486 e. The number of amides is 2. The molecule has 0 radical (unpaired) electrons. The molecule has 12 heteroatoms. The first-order valence-corrected chi connectivity index (χ1v) is 19.7. The van der Waals surface area contributed by atoms with Crippen LogP contribution in [0.25, 0.3) is 11.1 Å². The lowest BCUT2D eigenvalue weighted by atomic mass is 9.90. The van der Waals surface area contributed by atoms with E-state index in [2.05, 4.69) is 10.6 Å². The number of ketones is 2. The maximum absolute atomic E-state index is 14.4. The number of rotatable bonds is 9. The Labute approximate surface area is 346 Å². The monoisotopic (exact) mass is 818 g/mol. The fourth-order valence-electron chi connectivity index (χ4n) is 7.25. The Kier molecular flexibility index (Phi) is 14.3. The van der Waals surface area contributed by atoms with Crippen molar-refractivity contribution in [2.75, 3.05) is 6.61 Å². The summed E-state index contributed by atoms with van der Waals surface area (Å²) in [4.78, 5) is 68.7. The van der Waals surface area contributed by atoms with Gasteiger partial charge in [0.05, 0.1) is 17.5 Å². The van der Waals surface area contributed by atoms with Gasteiger partial charge in [-0.2, -0.15) is 13.2 Å². The highest BCUT2D eigenvalue weighted by Gasteiger charge is 2.33. The molecule has 2 aliphatic heterocycles. The number of halogens is 3. The van der Waals surface area contributed by atoms with E-state index in [1.807, 2.05) is 84.9 Å². The standard InChI is InChI=1S/C48H45F3N2O7/c49-48(50,51)39-20-13-32(14-21-39)25-37-28-40(54)30-60-41-22-15-33(16-23-41)26-38(47(58)59)29-44(55)42(24-17-31-7-3-1-4-8-31)52-46(57)43(53-45(37)56)27-34-11-18-36(19-12-34)35-9-5-2-6-10-35/h1-16,18-23,37-38,42-43H,17,24-30H2,(H,52,57)(H,53,56)(H,58,59)/t37-,38+,42+,43-/m0/s1. The lowest BCUT2D eigenvalue weighted by Crippen LogP contribution is -2.54. The first-order chi connectivity index (χ1) is 28.8. The van der Waals surface area contributed by atoms with Crippen molar-refractivity contribution >= 4 is 29.4 Å². The van der Waals surface area contributed by atoms with Gasteiger partial charge < -0.3 is 20.5 Å². The van der Waals surface area contributed by atoms with Crippen LogP contribution in [0.1, 0.15) is 47.1 Å². The summed E-state index contributed by atoms with van der Waals surface area (Å²) in [6.07, 6.45) is -4.92. The van der Waals surface area contributed by atoms with Crippen molar-refractivity contribution in [1.29, 1.82) is 0 Å². The number of aryl methyl sites for hydroxylation is 1. The van der Waals surface area contributed by atoms with Crippen LogP contribution >= 0.6 is 0 Å². The van der Waals surface area contributed by atoms with E-state index < -0.39 is 71.6 Å². The molecule has 0 fully saturated rings. The van der Waals surface area contributed by atoms with Crippen LogP contribution in [-0.4, -0.2) is 53.1 Å². The maximum atomic E-state index is 14.4. The van der Waals surface area contributed by atoms with Crippen molar-refractivity contribution in [3.8, 4) is 16.9 Å². The van der Waals surface area contributed by atoms with Crippen LogP contribution in [0, 0.1) is 11.8 Å². The van der Waals surface area contributed by atoms with E-state index in [4.69, 9.17) is 4.74 Å². The molecule has 2 bridgehead atoms. The number of ether oxygens (including phenoxy) is 1. The number of aliphatic carboxylic acids is 1. The van der Waals surface area contributed by atoms with Gasteiger partial charge in [-0.05, 0) is 83.3 Å². The minimum Gasteiger partial charge on any atom is -0.486 e. The van der Waals surface area contributed by atoms with E-state index in [1.54, 1.807) is 24.3 Å². The molecule has 2 amide bonds. The first-order valence-electron chi connectivity index (χ1n) is 19.7. The highest BCUT2D eigenvalue weighted by atomic mass is 19.4. The van der Waals surface area contributed by atoms with Crippen molar-refractivity contribution in [3.05, 3.63) is 161 Å². The summed E-state index contributed by atoms with van der Waals surface area (Å²) in [5, 5.41) is 15.8. The molecule has 0 aromatic heterocycles. The number of alkyl halides is 3. The lowest BCUT2D eigenvalue weighted by molar-refractivity contribution is -0.144. The molecule has 5 aromatic carbocycles. The number of carboxylic acid groups (broad SMARTS) is 1. The fraction of sp³-hybridized carbons (Fsp3) is 0.271. The second-order valence-electron chi connectivity index (χ2n) is 15.1. The number of nitrogens with one attached hydrogen (secondary N) is 2. The highest BCUT2D eigenvalue weighted by molar-refractivity contribution is 5.95. The zero-order valence-corrected chi connectivity index (χ0v) is 32.7. The lowest BCUT2D eigenvalue weighted by Gasteiger charge is -2.26. The second-order valence-corrected chi connectivity index (χ2v) is 15.1. The van der Waals surface area contributed by atoms with Gasteiger partial charge in [-0.3, -0.25) is 24.0 Å². The Morgan fingerprint density at radius 3 is 1.85 bits per heavy atom. The van der Waals surface area contributed by atoms with E-state index in [-0.39, 0.29) is 38.5 Å². The molecule has 310 valence electrons. The van der Waals surface area contributed by atoms with Gasteiger partial charge in [-0.25, -0.2) is 0 Å². The Morgan fingerprint density at radius 2 is 1.22 bits per heavy atom. The van der Waals surface area contributed by atoms with E-state index >= 15 is 0 Å². The summed E-state index contributed by atoms with van der Waals surface area (Å²) in [5.74, 6) is -5.48. The summed E-state index contributed by atoms with van der Waals surface area (Å²) in [6, 6.07) is 34.7. The van der Waals surface area contributed by atoms with Gasteiger partial charge in [0.15, 0.2) is 11.6 Å². The molecule has 0 spiro atoms. The zero-order valence-electron chi connectivity index (χ0n) is 32.7. The molecule has 0 unspecified atom stereocenters. The molecule has 60 heavy (non-hydrogen) atoms. The summed E-state index contributed by atoms with van der Waals surface area (Å²) in [5.41, 5.74) is 3.56. The topological polar surface area (TPSA) is 139 Å². The van der Waals surface area contributed by atoms with E-state index in [0.29, 0.717) is 28.9 Å². The number of Topliss-reactive ketones (excluding diaryl/α,β-unsaturated/α-hetero) is 2. The first kappa shape index (κ1) is 43.0. The van der Waals surface area contributed by atoms with Crippen molar-refractivity contribution in [2.45, 2.75) is 63.2 Å². The van der Waals surface area contributed by atoms with Gasteiger partial charge in [-0.1, -0.05) is 109 Å². The Hall–Kier alpha value is -6.56. The minimum absolute atomic E-state index is 0.0168. The molecule has 5 aromatic rings. The molecule has 9 nitrogen and oxygen atoms in total. The van der Waals surface area contributed by atoms with Crippen molar-refractivity contribution in [3.63, 3.8) is 0 Å². The van der Waals surface area contributed by atoms with Crippen LogP contribution in [0.2, 0.25) is 0 Å². The third kappa shape index (κ3) is 12.2. The van der Waals surface area contributed by atoms with E-state index in [0.717, 1.165) is 28.8 Å². The number of hydrogen-bond donors (Lipinski definition) is 3. The van der Waals surface area contributed by atoms with Gasteiger partial charge in [0.2, 0.25) is 11.8 Å². The molecule has 3 N–H and O–H groups in total. The molecule has 4 atom stereocenters. The van der Waals surface area contributed by atoms with Crippen LogP contribution in [0.5, 0.6) is 5.75 Å². The summed E-state index contributed by atoms with van der Waals surface area (Å²) in [6.45, 7) is -0.427. The van der Waals surface area contributed by atoms with Gasteiger partial charge >= 0.3 is 12.1 Å². The van der Waals surface area contributed by atoms with Gasteiger partial charge in [0.1, 0.15) is 18.4 Å². The van der Waals surface area contributed by atoms with Gasteiger partial charge in [0.25, 0.3) is 0 Å². The summed E-state index contributed by atoms with van der Waals surface area (Å²) in [7, 11) is 0. The van der Waals surface area contributed by atoms with Crippen LogP contribution in [0.3, 0.4) is 0 Å². The maximum Gasteiger partial charge on any atom is 0.416 e. The van der Waals surface area contributed by atoms with E-state index in [9.17, 15) is 42.3 Å². The third-order valence-corrected chi connectivity index (χ3v) is 10.6. The average Bonchev–Trinajstić information content (AvgIpc) is 3.24. The smallest absolute Gasteiger partial charge is 0.416 e. The second kappa shape index (κ2) is 19.9. The van der Waals surface area contributed by atoms with Crippen LogP contribution in [0.15, 0.2) is 133 Å². The van der Waals surface area contributed by atoms with E-state index in [1.165, 1.54) is 12.1 Å². The Bertz CT molecular complexity index is 2250. The number of hydrogen-bond acceptors (Lipinski definition) is 6. The average molecular weight is 819 g/mol. The highest BCUT2D eigenvalue weighted by Crippen LogP contribution is 2.30. The fourth-order valence-corrected chi connectivity index (χ4v) is 7.25. The Balaban J connectivity index is 1.34. The molecule has 2 aliphatic rings. The predicted octanol–water partition coefficient (Wildman–Crippen LogP) is 7.63. The van der Waals surface area contributed by atoms with Crippen molar-refractivity contribution in [2.24, 2.45) is 11.8 Å². The number of benzene rings is 5. The minimum atomic E-state index is -4.57. The summed E-state index contributed by atoms with van der Waals surface area (Å²) >= 11 is 0. The molecular weight excluding hydrogens is 774 g/mol. The normalized spacial score (nSPS) is 19.6. The summed E-state index contributed by atoms with van der Waals surface area (Å²) < 4.78 is 45.9. The van der Waals surface area contributed by atoms with Gasteiger partial charge in [-0.15, -0.1) is 0 Å². The SMILES string of the molecule is O=C1COc2ccc(cc2)C[C@@H](C(=O)O)CC(=O)[C@@H](CCc2ccccc2)NC(=O)[C@H](Cc2ccc(-c3ccccc3)cc2)NC(=O)[C@@H](Cc2ccc(C(F)(F)F)cc2)C1. The zero-order chi connectivity index (χ0) is 42.6. The number of carbonyl (C=O) groups is 5. The molecule has 7 rings (SSSR count). The molecule has 0 saturated heterocycles.